The molecule has 0 fully saturated rings. The number of aromatic nitrogens is 5. The molecule has 0 bridgehead atoms. The Hall–Kier alpha value is -4.35. The fourth-order valence-electron chi connectivity index (χ4n) is 3.96. The van der Waals surface area contributed by atoms with Crippen molar-refractivity contribution in [2.45, 2.75) is 25.8 Å². The quantitative estimate of drug-likeness (QED) is 0.234. The van der Waals surface area contributed by atoms with Crippen molar-refractivity contribution in [1.29, 1.82) is 0 Å². The fraction of sp³-hybridized carbons (Fsp3) is 0.154. The third-order valence-corrected chi connectivity index (χ3v) is 5.92. The molecule has 0 N–H and O–H groups in total. The van der Waals surface area contributed by atoms with Gasteiger partial charge in [-0.15, -0.1) is 0 Å². The number of nitrogens with zero attached hydrogens (tertiary/aromatic N) is 5. The second-order valence-electron chi connectivity index (χ2n) is 8.51. The molecule has 0 saturated carbocycles. The molecule has 0 spiro atoms. The summed E-state index contributed by atoms with van der Waals surface area (Å²) < 4.78 is 94.9. The topological polar surface area (TPSA) is 56.5 Å². The Bertz CT molecular complexity index is 1590. The summed E-state index contributed by atoms with van der Waals surface area (Å²) in [5, 5.41) is 4.27. The Morgan fingerprint density at radius 3 is 2.24 bits per heavy atom. The number of hydrogen-bond acceptors (Lipinski definition) is 4. The van der Waals surface area contributed by atoms with Gasteiger partial charge in [-0.05, 0) is 42.3 Å². The molecule has 194 valence electrons. The van der Waals surface area contributed by atoms with E-state index in [9.17, 15) is 30.7 Å². The molecule has 3 aromatic rings. The molecule has 0 atom stereocenters. The normalized spacial score (nSPS) is 12.3. The Balaban J connectivity index is 1.41. The molecular weight excluding hydrogens is 515 g/mol. The number of imidazole rings is 1. The van der Waals surface area contributed by atoms with Crippen LogP contribution >= 0.6 is 0 Å². The molecule has 0 radical (unpaired) electrons. The SMILES string of the molecule is Cc1c(F)cccc1-c1nc2cnn(Cc3ccc(-c4ccc(C(F)(F)F)cc4C(F)(F)F)nc3)cc-2n1. The van der Waals surface area contributed by atoms with E-state index in [1.54, 1.807) is 25.3 Å². The molecule has 12 heteroatoms. The number of fused-ring (bicyclic) bond motifs is 1. The highest BCUT2D eigenvalue weighted by atomic mass is 19.4. The van der Waals surface area contributed by atoms with Gasteiger partial charge in [0.1, 0.15) is 17.2 Å². The molecule has 2 aromatic carbocycles. The lowest BCUT2D eigenvalue weighted by molar-refractivity contribution is -0.142. The monoisotopic (exact) mass is 531 g/mol. The number of alkyl halides is 6. The summed E-state index contributed by atoms with van der Waals surface area (Å²) in [6.07, 6.45) is -5.49. The number of rotatable bonds is 4. The van der Waals surface area contributed by atoms with Gasteiger partial charge in [0.05, 0.1) is 35.8 Å². The minimum atomic E-state index is -5.00. The highest BCUT2D eigenvalue weighted by molar-refractivity contribution is 5.68. The second kappa shape index (κ2) is 9.19. The maximum absolute atomic E-state index is 13.9. The molecule has 5 rings (SSSR count). The van der Waals surface area contributed by atoms with Gasteiger partial charge in [-0.1, -0.05) is 24.3 Å². The Morgan fingerprint density at radius 1 is 0.789 bits per heavy atom. The highest BCUT2D eigenvalue weighted by Crippen LogP contribution is 2.40. The minimum absolute atomic E-state index is 0.0837. The van der Waals surface area contributed by atoms with Crippen LogP contribution in [0.3, 0.4) is 0 Å². The second-order valence-corrected chi connectivity index (χ2v) is 8.51. The molecule has 1 aromatic heterocycles. The number of hydrogen-bond donors (Lipinski definition) is 0. The van der Waals surface area contributed by atoms with Crippen molar-refractivity contribution in [2.24, 2.45) is 0 Å². The predicted octanol–water partition coefficient (Wildman–Crippen LogP) is 7.04. The summed E-state index contributed by atoms with van der Waals surface area (Å²) >= 11 is 0. The molecule has 0 unspecified atom stereocenters. The highest BCUT2D eigenvalue weighted by Gasteiger charge is 2.38. The van der Waals surface area contributed by atoms with Crippen molar-refractivity contribution in [3.8, 4) is 34.0 Å². The van der Waals surface area contributed by atoms with Gasteiger partial charge in [0.25, 0.3) is 0 Å². The first-order valence-corrected chi connectivity index (χ1v) is 11.1. The van der Waals surface area contributed by atoms with Crippen LogP contribution in [0.25, 0.3) is 34.0 Å². The minimum Gasteiger partial charge on any atom is -0.266 e. The zero-order valence-corrected chi connectivity index (χ0v) is 19.4. The molecular formula is C26H16F7N5. The molecule has 2 aliphatic heterocycles. The standard InChI is InChI=1S/C26H16F7N5/c1-14-17(3-2-4-20(14)27)24-36-22-11-35-38(13-23(22)37-24)12-15-5-8-21(34-10-15)18-7-6-16(25(28,29)30)9-19(18)26(31,32)33/h2-11,13H,12H2,1H3. The van der Waals surface area contributed by atoms with Crippen molar-refractivity contribution in [1.82, 2.24) is 24.7 Å². The third-order valence-electron chi connectivity index (χ3n) is 5.92. The van der Waals surface area contributed by atoms with Crippen LogP contribution in [-0.4, -0.2) is 24.7 Å². The number of pyridine rings is 1. The maximum Gasteiger partial charge on any atom is 0.417 e. The summed E-state index contributed by atoms with van der Waals surface area (Å²) in [5.41, 5.74) is -0.866. The van der Waals surface area contributed by atoms with E-state index < -0.39 is 29.0 Å². The first-order valence-electron chi connectivity index (χ1n) is 11.1. The summed E-state index contributed by atoms with van der Waals surface area (Å²) in [4.78, 5) is 12.9. The van der Waals surface area contributed by atoms with E-state index in [-0.39, 0.29) is 24.1 Å². The van der Waals surface area contributed by atoms with Crippen LogP contribution in [0.4, 0.5) is 30.7 Å². The van der Waals surface area contributed by atoms with Crippen LogP contribution in [0.1, 0.15) is 22.3 Å². The van der Waals surface area contributed by atoms with E-state index in [4.69, 9.17) is 0 Å². The van der Waals surface area contributed by atoms with Gasteiger partial charge in [-0.25, -0.2) is 14.4 Å². The van der Waals surface area contributed by atoms with Gasteiger partial charge in [0, 0.05) is 17.3 Å². The van der Waals surface area contributed by atoms with Gasteiger partial charge in [0.2, 0.25) is 0 Å². The van der Waals surface area contributed by atoms with Gasteiger partial charge in [-0.2, -0.15) is 31.4 Å². The van der Waals surface area contributed by atoms with Crippen LogP contribution < -0.4 is 0 Å². The van der Waals surface area contributed by atoms with Gasteiger partial charge < -0.3 is 0 Å². The molecule has 0 amide bonds. The fourth-order valence-corrected chi connectivity index (χ4v) is 3.96. The number of halogens is 7. The van der Waals surface area contributed by atoms with Gasteiger partial charge in [0.15, 0.2) is 5.82 Å². The zero-order valence-electron chi connectivity index (χ0n) is 19.4. The van der Waals surface area contributed by atoms with Crippen molar-refractivity contribution in [2.75, 3.05) is 0 Å². The molecule has 38 heavy (non-hydrogen) atoms. The Morgan fingerprint density at radius 2 is 1.55 bits per heavy atom. The van der Waals surface area contributed by atoms with E-state index in [0.717, 1.165) is 6.07 Å². The van der Waals surface area contributed by atoms with E-state index in [0.29, 0.717) is 40.0 Å². The Kier molecular flexibility index (Phi) is 6.12. The summed E-state index contributed by atoms with van der Waals surface area (Å²) in [5.74, 6) is -0.0290. The van der Waals surface area contributed by atoms with E-state index in [1.807, 2.05) is 0 Å². The van der Waals surface area contributed by atoms with Crippen LogP contribution in [0.2, 0.25) is 0 Å². The predicted molar refractivity (Wildman–Crippen MR) is 123 cm³/mol. The lowest BCUT2D eigenvalue weighted by Crippen LogP contribution is -2.12. The van der Waals surface area contributed by atoms with E-state index in [1.165, 1.54) is 35.3 Å². The molecule has 0 aliphatic carbocycles. The van der Waals surface area contributed by atoms with Crippen molar-refractivity contribution >= 4 is 0 Å². The van der Waals surface area contributed by atoms with Crippen LogP contribution in [0.5, 0.6) is 0 Å². The first kappa shape index (κ1) is 25.3. The molecule has 5 nitrogen and oxygen atoms in total. The van der Waals surface area contributed by atoms with Crippen LogP contribution in [-0.2, 0) is 18.9 Å². The summed E-state index contributed by atoms with van der Waals surface area (Å²) in [7, 11) is 0. The lowest BCUT2D eigenvalue weighted by atomic mass is 10.00. The smallest absolute Gasteiger partial charge is 0.266 e. The largest absolute Gasteiger partial charge is 0.417 e. The van der Waals surface area contributed by atoms with Gasteiger partial charge >= 0.3 is 12.4 Å². The molecule has 3 heterocycles. The van der Waals surface area contributed by atoms with Crippen LogP contribution in [0, 0.1) is 12.7 Å². The molecule has 2 aliphatic rings. The summed E-state index contributed by atoms with van der Waals surface area (Å²) in [6.45, 7) is 1.81. The van der Waals surface area contributed by atoms with Crippen molar-refractivity contribution in [3.63, 3.8) is 0 Å². The van der Waals surface area contributed by atoms with Gasteiger partial charge in [-0.3, -0.25) is 9.67 Å². The van der Waals surface area contributed by atoms with Crippen molar-refractivity contribution in [3.05, 3.63) is 95.2 Å². The van der Waals surface area contributed by atoms with E-state index in [2.05, 4.69) is 20.1 Å². The Labute approximate surface area is 211 Å². The maximum atomic E-state index is 13.9. The summed E-state index contributed by atoms with van der Waals surface area (Å²) in [6, 6.07) is 8.88. The lowest BCUT2D eigenvalue weighted by Gasteiger charge is -2.16. The van der Waals surface area contributed by atoms with E-state index >= 15 is 0 Å². The average molecular weight is 531 g/mol. The van der Waals surface area contributed by atoms with Crippen LogP contribution in [0.15, 0.2) is 67.1 Å². The zero-order chi connectivity index (χ0) is 27.2. The third kappa shape index (κ3) is 4.93. The number of benzene rings is 2. The average Bonchev–Trinajstić information content (AvgIpc) is 3.28. The molecule has 0 saturated heterocycles. The van der Waals surface area contributed by atoms with Crippen molar-refractivity contribution < 1.29 is 30.7 Å². The first-order chi connectivity index (χ1) is 17.9.